The summed E-state index contributed by atoms with van der Waals surface area (Å²) in [7, 11) is 0. The molecule has 0 aromatic heterocycles. The van der Waals surface area contributed by atoms with Crippen molar-refractivity contribution in [1.82, 2.24) is 0 Å². The highest BCUT2D eigenvalue weighted by Gasteiger charge is 2.14. The Labute approximate surface area is 124 Å². The Hall–Kier alpha value is -2.13. The Kier molecular flexibility index (Phi) is 3.28. The number of halogens is 1. The van der Waals surface area contributed by atoms with Crippen LogP contribution in [0, 0.1) is 0 Å². The molecule has 3 aromatic carbocycles. The third kappa shape index (κ3) is 2.10. The van der Waals surface area contributed by atoms with Gasteiger partial charge in [0.2, 0.25) is 0 Å². The molecule has 0 spiro atoms. The van der Waals surface area contributed by atoms with Crippen LogP contribution in [0.3, 0.4) is 0 Å². The third-order valence-electron chi connectivity index (χ3n) is 3.30. The molecule has 0 amide bonds. The van der Waals surface area contributed by atoms with Crippen molar-refractivity contribution in [2.45, 2.75) is 0 Å². The molecule has 0 unspecified atom stereocenters. The molecule has 98 valence electrons. The lowest BCUT2D eigenvalue weighted by molar-refractivity contribution is 0.0698. The fraction of sp³-hybridized carbons (Fsp3) is 0. The molecule has 2 nitrogen and oxygen atoms in total. The first-order valence-electron chi connectivity index (χ1n) is 6.18. The fourth-order valence-corrected chi connectivity index (χ4v) is 3.02. The molecule has 0 fully saturated rings. The molecule has 3 aromatic rings. The highest BCUT2D eigenvalue weighted by atomic mass is 79.9. The Balaban J connectivity index is 2.39. The molecule has 0 saturated carbocycles. The van der Waals surface area contributed by atoms with Crippen molar-refractivity contribution in [2.75, 3.05) is 0 Å². The minimum Gasteiger partial charge on any atom is -0.478 e. The smallest absolute Gasteiger partial charge is 0.336 e. The summed E-state index contributed by atoms with van der Waals surface area (Å²) in [6.07, 6.45) is 0. The maximum Gasteiger partial charge on any atom is 0.336 e. The van der Waals surface area contributed by atoms with E-state index >= 15 is 0 Å². The topological polar surface area (TPSA) is 37.3 Å². The largest absolute Gasteiger partial charge is 0.478 e. The summed E-state index contributed by atoms with van der Waals surface area (Å²) in [5, 5.41) is 11.5. The van der Waals surface area contributed by atoms with E-state index < -0.39 is 5.97 Å². The number of carboxylic acids is 1. The zero-order chi connectivity index (χ0) is 14.1. The van der Waals surface area contributed by atoms with E-state index in [-0.39, 0.29) is 0 Å². The maximum atomic E-state index is 11.4. The number of fused-ring (bicyclic) bond motifs is 1. The maximum absolute atomic E-state index is 11.4. The SMILES string of the molecule is O=C(O)c1ccccc1-c1cccc2cccc(Br)c12. The van der Waals surface area contributed by atoms with Gasteiger partial charge >= 0.3 is 5.97 Å². The van der Waals surface area contributed by atoms with Crippen LogP contribution in [-0.4, -0.2) is 11.1 Å². The number of rotatable bonds is 2. The van der Waals surface area contributed by atoms with Gasteiger partial charge in [0.25, 0.3) is 0 Å². The van der Waals surface area contributed by atoms with Gasteiger partial charge in [0, 0.05) is 9.86 Å². The van der Waals surface area contributed by atoms with Crippen LogP contribution in [0.15, 0.2) is 65.1 Å². The highest BCUT2D eigenvalue weighted by Crippen LogP contribution is 2.35. The Bertz CT molecular complexity index is 804. The van der Waals surface area contributed by atoms with E-state index in [0.717, 1.165) is 26.4 Å². The van der Waals surface area contributed by atoms with Gasteiger partial charge in [0.05, 0.1) is 5.56 Å². The zero-order valence-corrected chi connectivity index (χ0v) is 12.1. The second-order valence-corrected chi connectivity index (χ2v) is 5.35. The van der Waals surface area contributed by atoms with Gasteiger partial charge < -0.3 is 5.11 Å². The molecule has 0 radical (unpaired) electrons. The van der Waals surface area contributed by atoms with Crippen LogP contribution in [0.1, 0.15) is 10.4 Å². The van der Waals surface area contributed by atoms with Gasteiger partial charge in [-0.05, 0) is 28.6 Å². The van der Waals surface area contributed by atoms with E-state index in [2.05, 4.69) is 15.9 Å². The van der Waals surface area contributed by atoms with Crippen LogP contribution in [0.5, 0.6) is 0 Å². The summed E-state index contributed by atoms with van der Waals surface area (Å²) in [6.45, 7) is 0. The van der Waals surface area contributed by atoms with Crippen LogP contribution in [-0.2, 0) is 0 Å². The average molecular weight is 327 g/mol. The van der Waals surface area contributed by atoms with Crippen LogP contribution in [0.25, 0.3) is 21.9 Å². The number of hydrogen-bond acceptors (Lipinski definition) is 1. The van der Waals surface area contributed by atoms with Gasteiger partial charge in [-0.2, -0.15) is 0 Å². The van der Waals surface area contributed by atoms with Crippen molar-refractivity contribution >= 4 is 32.7 Å². The van der Waals surface area contributed by atoms with Crippen molar-refractivity contribution in [3.05, 3.63) is 70.7 Å². The van der Waals surface area contributed by atoms with Crippen molar-refractivity contribution in [3.8, 4) is 11.1 Å². The number of aromatic carboxylic acids is 1. The summed E-state index contributed by atoms with van der Waals surface area (Å²) < 4.78 is 0.964. The standard InChI is InChI=1S/C17H11BrO2/c18-15-10-4-6-11-5-3-9-13(16(11)15)12-7-1-2-8-14(12)17(19)20/h1-10H,(H,19,20). The van der Waals surface area contributed by atoms with Gasteiger partial charge in [0.1, 0.15) is 0 Å². The first kappa shape index (κ1) is 12.9. The molecular formula is C17H11BrO2. The van der Waals surface area contributed by atoms with E-state index in [1.165, 1.54) is 0 Å². The first-order chi connectivity index (χ1) is 9.68. The fourth-order valence-electron chi connectivity index (χ4n) is 2.42. The van der Waals surface area contributed by atoms with Gasteiger partial charge in [0.15, 0.2) is 0 Å². The normalized spacial score (nSPS) is 10.7. The molecule has 0 heterocycles. The lowest BCUT2D eigenvalue weighted by Crippen LogP contribution is -1.99. The predicted molar refractivity (Wildman–Crippen MR) is 84.0 cm³/mol. The van der Waals surface area contributed by atoms with Crippen molar-refractivity contribution < 1.29 is 9.90 Å². The van der Waals surface area contributed by atoms with Gasteiger partial charge in [-0.25, -0.2) is 4.79 Å². The van der Waals surface area contributed by atoms with E-state index in [1.807, 2.05) is 48.5 Å². The average Bonchev–Trinajstić information content (AvgIpc) is 2.47. The third-order valence-corrected chi connectivity index (χ3v) is 3.96. The van der Waals surface area contributed by atoms with E-state index in [1.54, 1.807) is 12.1 Å². The zero-order valence-electron chi connectivity index (χ0n) is 10.5. The number of carboxylic acid groups (broad SMARTS) is 1. The molecule has 0 atom stereocenters. The summed E-state index contributed by atoms with van der Waals surface area (Å²) in [5.41, 5.74) is 1.97. The Morgan fingerprint density at radius 1 is 0.850 bits per heavy atom. The second kappa shape index (κ2) is 5.10. The van der Waals surface area contributed by atoms with Gasteiger partial charge in [-0.15, -0.1) is 0 Å². The molecule has 0 aliphatic carbocycles. The van der Waals surface area contributed by atoms with E-state index in [0.29, 0.717) is 5.56 Å². The molecular weight excluding hydrogens is 316 g/mol. The number of carbonyl (C=O) groups is 1. The van der Waals surface area contributed by atoms with E-state index in [9.17, 15) is 9.90 Å². The van der Waals surface area contributed by atoms with Crippen molar-refractivity contribution in [2.24, 2.45) is 0 Å². The lowest BCUT2D eigenvalue weighted by atomic mass is 9.95. The van der Waals surface area contributed by atoms with Crippen LogP contribution in [0.4, 0.5) is 0 Å². The molecule has 0 aliphatic heterocycles. The van der Waals surface area contributed by atoms with Crippen LogP contribution < -0.4 is 0 Å². The minimum absolute atomic E-state index is 0.316. The van der Waals surface area contributed by atoms with E-state index in [4.69, 9.17) is 0 Å². The number of benzene rings is 3. The van der Waals surface area contributed by atoms with Gasteiger partial charge in [-0.1, -0.05) is 64.5 Å². The molecule has 0 bridgehead atoms. The molecule has 0 saturated heterocycles. The van der Waals surface area contributed by atoms with Crippen LogP contribution in [0.2, 0.25) is 0 Å². The van der Waals surface area contributed by atoms with Crippen molar-refractivity contribution in [1.29, 1.82) is 0 Å². The predicted octanol–water partition coefficient (Wildman–Crippen LogP) is 4.97. The van der Waals surface area contributed by atoms with Gasteiger partial charge in [-0.3, -0.25) is 0 Å². The summed E-state index contributed by atoms with van der Waals surface area (Å²) in [5.74, 6) is -0.912. The summed E-state index contributed by atoms with van der Waals surface area (Å²) in [6, 6.07) is 19.0. The van der Waals surface area contributed by atoms with Crippen LogP contribution >= 0.6 is 15.9 Å². The first-order valence-corrected chi connectivity index (χ1v) is 6.98. The Morgan fingerprint density at radius 2 is 1.50 bits per heavy atom. The highest BCUT2D eigenvalue weighted by molar-refractivity contribution is 9.10. The van der Waals surface area contributed by atoms with Crippen molar-refractivity contribution in [3.63, 3.8) is 0 Å². The molecule has 0 aliphatic rings. The summed E-state index contributed by atoms with van der Waals surface area (Å²) >= 11 is 3.56. The minimum atomic E-state index is -0.912. The monoisotopic (exact) mass is 326 g/mol. The number of hydrogen-bond donors (Lipinski definition) is 1. The summed E-state index contributed by atoms with van der Waals surface area (Å²) in [4.78, 5) is 11.4. The molecule has 3 heteroatoms. The molecule has 3 rings (SSSR count). The Morgan fingerprint density at radius 3 is 2.25 bits per heavy atom. The second-order valence-electron chi connectivity index (χ2n) is 4.49. The molecule has 1 N–H and O–H groups in total. The molecule has 20 heavy (non-hydrogen) atoms. The quantitative estimate of drug-likeness (QED) is 0.722. The lowest BCUT2D eigenvalue weighted by Gasteiger charge is -2.11.